The van der Waals surface area contributed by atoms with Gasteiger partial charge in [-0.15, -0.1) is 0 Å². The van der Waals surface area contributed by atoms with Gasteiger partial charge < -0.3 is 13.9 Å². The Bertz CT molecular complexity index is 549. The first kappa shape index (κ1) is 21.5. The van der Waals surface area contributed by atoms with Gasteiger partial charge in [-0.25, -0.2) is 4.67 Å². The lowest BCUT2D eigenvalue weighted by Gasteiger charge is -2.40. The van der Waals surface area contributed by atoms with E-state index < -0.39 is 6.64 Å². The van der Waals surface area contributed by atoms with Crippen molar-refractivity contribution in [3.63, 3.8) is 0 Å². The first-order chi connectivity index (χ1) is 11.2. The molecule has 0 fully saturated rings. The molecule has 0 saturated carbocycles. The predicted molar refractivity (Wildman–Crippen MR) is 111 cm³/mol. The third kappa shape index (κ3) is 5.78. The third-order valence-electron chi connectivity index (χ3n) is 3.15. The molecular formula is C17H29N2O2PS2. The van der Waals surface area contributed by atoms with Crippen LogP contribution in [0.2, 0.25) is 0 Å². The van der Waals surface area contributed by atoms with Crippen molar-refractivity contribution < 1.29 is 9.05 Å². The number of thiocarbonyl (C=S) groups is 1. The minimum Gasteiger partial charge on any atom is -0.349 e. The Balaban J connectivity index is 3.42. The van der Waals surface area contributed by atoms with Gasteiger partial charge >= 0.3 is 0 Å². The zero-order valence-corrected chi connectivity index (χ0v) is 18.0. The van der Waals surface area contributed by atoms with Gasteiger partial charge in [-0.2, -0.15) is 0 Å². The van der Waals surface area contributed by atoms with Crippen LogP contribution in [0.25, 0.3) is 0 Å². The standard InChI is InChI=1S/C17H29N2O2PS2/c1-7-18(8-2)17(23)19(16-12-10-9-11-13-16)22(24,20-14(3)4)21-15(5)6/h9-15H,7-8H2,1-6H3. The van der Waals surface area contributed by atoms with Crippen LogP contribution in [-0.4, -0.2) is 35.3 Å². The van der Waals surface area contributed by atoms with Crippen molar-refractivity contribution in [1.82, 2.24) is 4.90 Å². The number of anilines is 1. The van der Waals surface area contributed by atoms with E-state index >= 15 is 0 Å². The van der Waals surface area contributed by atoms with E-state index in [1.54, 1.807) is 0 Å². The summed E-state index contributed by atoms with van der Waals surface area (Å²) in [6, 6.07) is 9.89. The minimum absolute atomic E-state index is 0.0553. The maximum absolute atomic E-state index is 6.14. The number of nitrogens with zero attached hydrogens (tertiary/aromatic N) is 2. The van der Waals surface area contributed by atoms with Gasteiger partial charge in [0.2, 0.25) is 0 Å². The van der Waals surface area contributed by atoms with E-state index in [-0.39, 0.29) is 12.2 Å². The fourth-order valence-corrected chi connectivity index (χ4v) is 6.65. The Morgan fingerprint density at radius 1 is 1.00 bits per heavy atom. The van der Waals surface area contributed by atoms with Gasteiger partial charge in [0.25, 0.3) is 6.64 Å². The first-order valence-electron chi connectivity index (χ1n) is 8.36. The van der Waals surface area contributed by atoms with Crippen molar-refractivity contribution in [1.29, 1.82) is 0 Å². The Morgan fingerprint density at radius 3 is 1.83 bits per heavy atom. The lowest BCUT2D eigenvalue weighted by atomic mass is 10.3. The topological polar surface area (TPSA) is 24.9 Å². The predicted octanol–water partition coefficient (Wildman–Crippen LogP) is 5.19. The van der Waals surface area contributed by atoms with E-state index in [0.717, 1.165) is 18.8 Å². The number of hydrogen-bond acceptors (Lipinski definition) is 4. The van der Waals surface area contributed by atoms with Crippen molar-refractivity contribution in [2.24, 2.45) is 0 Å². The monoisotopic (exact) mass is 388 g/mol. The molecule has 1 aromatic carbocycles. The molecule has 1 rings (SSSR count). The molecule has 0 aliphatic heterocycles. The van der Waals surface area contributed by atoms with Gasteiger partial charge in [0.05, 0.1) is 17.9 Å². The van der Waals surface area contributed by atoms with E-state index in [1.165, 1.54) is 0 Å². The van der Waals surface area contributed by atoms with Crippen molar-refractivity contribution in [2.45, 2.75) is 53.8 Å². The SMILES string of the molecule is CCN(CC)C(=S)N(c1ccccc1)P(=S)(OC(C)C)OC(C)C. The van der Waals surface area contributed by atoms with Crippen molar-refractivity contribution in [2.75, 3.05) is 17.8 Å². The maximum Gasteiger partial charge on any atom is 0.297 e. The molecule has 0 N–H and O–H groups in total. The zero-order chi connectivity index (χ0) is 18.3. The van der Waals surface area contributed by atoms with E-state index in [4.69, 9.17) is 33.1 Å². The average Bonchev–Trinajstić information content (AvgIpc) is 2.47. The van der Waals surface area contributed by atoms with Crippen LogP contribution in [-0.2, 0) is 20.9 Å². The Kier molecular flexibility index (Phi) is 8.82. The molecule has 0 unspecified atom stereocenters. The van der Waals surface area contributed by atoms with E-state index in [1.807, 2.05) is 62.7 Å². The summed E-state index contributed by atoms with van der Waals surface area (Å²) in [6.07, 6.45) is -0.111. The summed E-state index contributed by atoms with van der Waals surface area (Å²) in [6.45, 7) is 10.8. The highest BCUT2D eigenvalue weighted by atomic mass is 32.5. The number of para-hydroxylation sites is 1. The van der Waals surface area contributed by atoms with Crippen LogP contribution in [0.3, 0.4) is 0 Å². The fourth-order valence-electron chi connectivity index (χ4n) is 2.21. The third-order valence-corrected chi connectivity index (χ3v) is 7.02. The van der Waals surface area contributed by atoms with Crippen LogP contribution in [0.1, 0.15) is 41.5 Å². The van der Waals surface area contributed by atoms with Crippen LogP contribution in [0.15, 0.2) is 30.3 Å². The molecule has 0 aliphatic rings. The van der Waals surface area contributed by atoms with Gasteiger partial charge in [0.1, 0.15) is 0 Å². The van der Waals surface area contributed by atoms with Crippen LogP contribution in [0.4, 0.5) is 5.69 Å². The molecule has 4 nitrogen and oxygen atoms in total. The largest absolute Gasteiger partial charge is 0.349 e. The second-order valence-corrected chi connectivity index (χ2v) is 9.39. The Labute approximate surface area is 157 Å². The summed E-state index contributed by atoms with van der Waals surface area (Å²) in [5, 5.41) is 0.649. The van der Waals surface area contributed by atoms with Crippen LogP contribution in [0, 0.1) is 0 Å². The lowest BCUT2D eigenvalue weighted by Crippen LogP contribution is -2.42. The maximum atomic E-state index is 6.14. The van der Waals surface area contributed by atoms with Gasteiger partial charge in [0.15, 0.2) is 5.11 Å². The Morgan fingerprint density at radius 2 is 1.46 bits per heavy atom. The van der Waals surface area contributed by atoms with Crippen molar-refractivity contribution in [3.05, 3.63) is 30.3 Å². The van der Waals surface area contributed by atoms with Crippen molar-refractivity contribution >= 4 is 41.5 Å². The molecular weight excluding hydrogens is 359 g/mol. The van der Waals surface area contributed by atoms with Crippen LogP contribution >= 0.6 is 18.9 Å². The normalized spacial score (nSPS) is 11.8. The number of rotatable bonds is 8. The lowest BCUT2D eigenvalue weighted by molar-refractivity contribution is 0.175. The first-order valence-corrected chi connectivity index (χ1v) is 11.4. The van der Waals surface area contributed by atoms with Crippen molar-refractivity contribution in [3.8, 4) is 0 Å². The number of benzene rings is 1. The molecule has 0 saturated heterocycles. The van der Waals surface area contributed by atoms with E-state index in [9.17, 15) is 0 Å². The van der Waals surface area contributed by atoms with Crippen LogP contribution in [0.5, 0.6) is 0 Å². The van der Waals surface area contributed by atoms with Gasteiger partial charge in [-0.05, 0) is 77.7 Å². The highest BCUT2D eigenvalue weighted by molar-refractivity contribution is 8.11. The fraction of sp³-hybridized carbons (Fsp3) is 0.588. The molecule has 0 spiro atoms. The highest BCUT2D eigenvalue weighted by Crippen LogP contribution is 2.56. The highest BCUT2D eigenvalue weighted by Gasteiger charge is 2.35. The molecule has 0 aliphatic carbocycles. The number of hydrogen-bond donors (Lipinski definition) is 0. The second-order valence-electron chi connectivity index (χ2n) is 5.88. The summed E-state index contributed by atoms with van der Waals surface area (Å²) in [4.78, 5) is 2.09. The quantitative estimate of drug-likeness (QED) is 0.449. The molecule has 0 amide bonds. The Hall–Kier alpha value is -0.520. The molecule has 0 radical (unpaired) electrons. The molecule has 0 heterocycles. The molecule has 24 heavy (non-hydrogen) atoms. The minimum atomic E-state index is -2.82. The molecule has 0 bridgehead atoms. The van der Waals surface area contributed by atoms with Gasteiger partial charge in [0, 0.05) is 13.1 Å². The summed E-state index contributed by atoms with van der Waals surface area (Å²) in [7, 11) is 0. The second kappa shape index (κ2) is 9.83. The zero-order valence-electron chi connectivity index (χ0n) is 15.4. The smallest absolute Gasteiger partial charge is 0.297 e. The summed E-state index contributed by atoms with van der Waals surface area (Å²) in [5.41, 5.74) is 0.902. The van der Waals surface area contributed by atoms with Gasteiger partial charge in [-0.3, -0.25) is 0 Å². The average molecular weight is 389 g/mol. The summed E-state index contributed by atoms with van der Waals surface area (Å²) in [5.74, 6) is 0. The molecule has 0 atom stereocenters. The van der Waals surface area contributed by atoms with Crippen LogP contribution < -0.4 is 4.67 Å². The summed E-state index contributed by atoms with van der Waals surface area (Å²) >= 11 is 11.7. The molecule has 7 heteroatoms. The molecule has 0 aromatic heterocycles. The van der Waals surface area contributed by atoms with E-state index in [0.29, 0.717) is 5.11 Å². The summed E-state index contributed by atoms with van der Waals surface area (Å²) < 4.78 is 14.2. The molecule has 1 aromatic rings. The van der Waals surface area contributed by atoms with E-state index in [2.05, 4.69) is 18.7 Å². The molecule has 136 valence electrons. The van der Waals surface area contributed by atoms with Gasteiger partial charge in [-0.1, -0.05) is 18.2 Å².